The Kier molecular flexibility index (Phi) is 4.50. The summed E-state index contributed by atoms with van der Waals surface area (Å²) in [6.45, 7) is 3.33. The molecule has 2 aliphatic rings. The molecule has 8 nitrogen and oxygen atoms in total. The molecule has 1 atom stereocenters. The molecule has 0 spiro atoms. The highest BCUT2D eigenvalue weighted by Gasteiger charge is 2.30. The molecule has 138 valence electrons. The Morgan fingerprint density at radius 1 is 1.27 bits per heavy atom. The summed E-state index contributed by atoms with van der Waals surface area (Å²) >= 11 is 0. The summed E-state index contributed by atoms with van der Waals surface area (Å²) in [5.74, 6) is 1.86. The summed E-state index contributed by atoms with van der Waals surface area (Å²) in [6.07, 6.45) is 1.53. The van der Waals surface area contributed by atoms with Crippen LogP contribution in [0.3, 0.4) is 0 Å². The minimum Gasteiger partial charge on any atom is -0.497 e. The molecule has 0 aliphatic carbocycles. The van der Waals surface area contributed by atoms with Crippen molar-refractivity contribution < 1.29 is 14.3 Å². The molecule has 2 fully saturated rings. The van der Waals surface area contributed by atoms with Gasteiger partial charge in [-0.05, 0) is 31.0 Å². The van der Waals surface area contributed by atoms with Crippen LogP contribution in [0, 0.1) is 0 Å². The van der Waals surface area contributed by atoms with E-state index in [0.29, 0.717) is 44.6 Å². The van der Waals surface area contributed by atoms with Crippen molar-refractivity contribution in [3.63, 3.8) is 0 Å². The van der Waals surface area contributed by atoms with Crippen molar-refractivity contribution in [3.8, 4) is 5.75 Å². The number of aromatic nitrogens is 2. The van der Waals surface area contributed by atoms with Crippen LogP contribution in [0.1, 0.15) is 12.8 Å². The van der Waals surface area contributed by atoms with Gasteiger partial charge in [-0.1, -0.05) is 0 Å². The second-order valence-corrected chi connectivity index (χ2v) is 6.61. The Morgan fingerprint density at radius 3 is 2.77 bits per heavy atom. The molecule has 0 radical (unpaired) electrons. The highest BCUT2D eigenvalue weighted by Crippen LogP contribution is 2.26. The lowest BCUT2D eigenvalue weighted by atomic mass is 10.2. The molecule has 2 N–H and O–H groups in total. The van der Waals surface area contributed by atoms with E-state index in [4.69, 9.17) is 15.2 Å². The molecular formula is C18H23N5O3. The number of amides is 1. The lowest BCUT2D eigenvalue weighted by molar-refractivity contribution is -0.141. The van der Waals surface area contributed by atoms with Gasteiger partial charge in [0.05, 0.1) is 12.6 Å². The van der Waals surface area contributed by atoms with Gasteiger partial charge in [-0.15, -0.1) is 0 Å². The maximum Gasteiger partial charge on any atom is 0.251 e. The van der Waals surface area contributed by atoms with Gasteiger partial charge in [-0.25, -0.2) is 4.98 Å². The smallest absolute Gasteiger partial charge is 0.251 e. The molecule has 0 saturated carbocycles. The number of carbonyl (C=O) groups excluding carboxylic acids is 1. The average molecular weight is 357 g/mol. The number of rotatable bonds is 3. The van der Waals surface area contributed by atoms with E-state index in [1.807, 2.05) is 23.1 Å². The third kappa shape index (κ3) is 3.12. The number of hydrogen-bond donors (Lipinski definition) is 1. The lowest BCUT2D eigenvalue weighted by Gasteiger charge is -2.35. The fourth-order valence-electron chi connectivity index (χ4n) is 3.49. The summed E-state index contributed by atoms with van der Waals surface area (Å²) in [4.78, 5) is 25.5. The predicted octanol–water partition coefficient (Wildman–Crippen LogP) is 1.05. The first-order valence-corrected chi connectivity index (χ1v) is 8.92. The molecule has 2 aliphatic heterocycles. The Labute approximate surface area is 151 Å². The number of ether oxygens (including phenoxy) is 2. The predicted molar refractivity (Wildman–Crippen MR) is 98.3 cm³/mol. The van der Waals surface area contributed by atoms with Crippen molar-refractivity contribution in [1.82, 2.24) is 14.9 Å². The van der Waals surface area contributed by atoms with Crippen LogP contribution in [0.4, 0.5) is 11.8 Å². The Morgan fingerprint density at radius 2 is 2.08 bits per heavy atom. The van der Waals surface area contributed by atoms with E-state index >= 15 is 0 Å². The summed E-state index contributed by atoms with van der Waals surface area (Å²) < 4.78 is 10.7. The lowest BCUT2D eigenvalue weighted by Crippen LogP contribution is -2.51. The van der Waals surface area contributed by atoms with Gasteiger partial charge >= 0.3 is 0 Å². The SMILES string of the molecule is COc1ccc2nc(N3CCN(C(=O)C4CCCO4)CC3)nc(N)c2c1. The zero-order valence-electron chi connectivity index (χ0n) is 14.9. The third-order valence-corrected chi connectivity index (χ3v) is 5.00. The number of nitrogens with zero attached hydrogens (tertiary/aromatic N) is 4. The second-order valence-electron chi connectivity index (χ2n) is 6.61. The number of carbonyl (C=O) groups is 1. The number of nitrogen functional groups attached to an aromatic ring is 1. The zero-order valence-corrected chi connectivity index (χ0v) is 14.9. The molecule has 0 bridgehead atoms. The third-order valence-electron chi connectivity index (χ3n) is 5.00. The van der Waals surface area contributed by atoms with Crippen molar-refractivity contribution in [2.24, 2.45) is 0 Å². The first-order valence-electron chi connectivity index (χ1n) is 8.92. The molecular weight excluding hydrogens is 334 g/mol. The quantitative estimate of drug-likeness (QED) is 0.877. The van der Waals surface area contributed by atoms with Crippen molar-refractivity contribution in [3.05, 3.63) is 18.2 Å². The summed E-state index contributed by atoms with van der Waals surface area (Å²) in [5.41, 5.74) is 6.91. The number of nitrogens with two attached hydrogens (primary N) is 1. The number of benzene rings is 1. The minimum atomic E-state index is -0.260. The van der Waals surface area contributed by atoms with Gasteiger partial charge in [0.1, 0.15) is 17.7 Å². The van der Waals surface area contributed by atoms with Crippen LogP contribution in [-0.2, 0) is 9.53 Å². The van der Waals surface area contributed by atoms with Crippen molar-refractivity contribution in [2.75, 3.05) is 50.5 Å². The number of piperazine rings is 1. The molecule has 2 saturated heterocycles. The van der Waals surface area contributed by atoms with Crippen molar-refractivity contribution in [1.29, 1.82) is 0 Å². The number of methoxy groups -OCH3 is 1. The Hall–Kier alpha value is -2.61. The van der Waals surface area contributed by atoms with Crippen LogP contribution in [-0.4, -0.2) is 66.8 Å². The van der Waals surface area contributed by atoms with Crippen molar-refractivity contribution in [2.45, 2.75) is 18.9 Å². The summed E-state index contributed by atoms with van der Waals surface area (Å²) in [6, 6.07) is 5.58. The molecule has 2 aromatic rings. The van der Waals surface area contributed by atoms with Crippen LogP contribution in [0.15, 0.2) is 18.2 Å². The molecule has 3 heterocycles. The van der Waals surface area contributed by atoms with Crippen LogP contribution in [0.2, 0.25) is 0 Å². The standard InChI is InChI=1S/C18H23N5O3/c1-25-12-4-5-14-13(11-12)16(19)21-18(20-14)23-8-6-22(7-9-23)17(24)15-3-2-10-26-15/h4-5,11,15H,2-3,6-10H2,1H3,(H2,19,20,21). The highest BCUT2D eigenvalue weighted by atomic mass is 16.5. The second kappa shape index (κ2) is 6.95. The first-order chi connectivity index (χ1) is 12.7. The van der Waals surface area contributed by atoms with Gasteiger partial charge in [0, 0.05) is 38.2 Å². The fourth-order valence-corrected chi connectivity index (χ4v) is 3.49. The monoisotopic (exact) mass is 357 g/mol. The molecule has 4 rings (SSSR count). The normalized spacial score (nSPS) is 20.6. The summed E-state index contributed by atoms with van der Waals surface area (Å²) in [7, 11) is 1.62. The van der Waals surface area contributed by atoms with E-state index in [1.54, 1.807) is 7.11 Å². The van der Waals surface area contributed by atoms with Gasteiger partial charge in [-0.3, -0.25) is 4.79 Å². The van der Waals surface area contributed by atoms with Crippen molar-refractivity contribution >= 4 is 28.6 Å². The largest absolute Gasteiger partial charge is 0.497 e. The van der Waals surface area contributed by atoms with Crippen LogP contribution >= 0.6 is 0 Å². The number of fused-ring (bicyclic) bond motifs is 1. The average Bonchev–Trinajstić information content (AvgIpc) is 3.22. The van der Waals surface area contributed by atoms with Gasteiger partial charge in [0.2, 0.25) is 5.95 Å². The maximum absolute atomic E-state index is 12.5. The number of anilines is 2. The minimum absolute atomic E-state index is 0.105. The molecule has 1 aromatic carbocycles. The van der Waals surface area contributed by atoms with Crippen LogP contribution < -0.4 is 15.4 Å². The topological polar surface area (TPSA) is 93.8 Å². The van der Waals surface area contributed by atoms with E-state index in [0.717, 1.165) is 29.5 Å². The van der Waals surface area contributed by atoms with Crippen LogP contribution in [0.25, 0.3) is 10.9 Å². The van der Waals surface area contributed by atoms with E-state index in [9.17, 15) is 4.79 Å². The van der Waals surface area contributed by atoms with Gasteiger partial charge in [-0.2, -0.15) is 4.98 Å². The molecule has 26 heavy (non-hydrogen) atoms. The summed E-state index contributed by atoms with van der Waals surface area (Å²) in [5, 5.41) is 0.778. The Bertz CT molecular complexity index is 814. The molecule has 1 aromatic heterocycles. The van der Waals surface area contributed by atoms with Gasteiger partial charge in [0.15, 0.2) is 0 Å². The van der Waals surface area contributed by atoms with Gasteiger partial charge < -0.3 is 25.0 Å². The number of hydrogen-bond acceptors (Lipinski definition) is 7. The molecule has 8 heteroatoms. The van der Waals surface area contributed by atoms with E-state index in [2.05, 4.69) is 14.9 Å². The molecule has 1 amide bonds. The van der Waals surface area contributed by atoms with Crippen LogP contribution in [0.5, 0.6) is 5.75 Å². The first kappa shape index (κ1) is 16.8. The van der Waals surface area contributed by atoms with E-state index < -0.39 is 0 Å². The fraction of sp³-hybridized carbons (Fsp3) is 0.500. The van der Waals surface area contributed by atoms with E-state index in [-0.39, 0.29) is 12.0 Å². The maximum atomic E-state index is 12.5. The molecule has 1 unspecified atom stereocenters. The highest BCUT2D eigenvalue weighted by molar-refractivity contribution is 5.90. The van der Waals surface area contributed by atoms with E-state index in [1.165, 1.54) is 0 Å². The van der Waals surface area contributed by atoms with Gasteiger partial charge in [0.25, 0.3) is 5.91 Å². The zero-order chi connectivity index (χ0) is 18.1. The Balaban J connectivity index is 1.48.